The van der Waals surface area contributed by atoms with Crippen molar-refractivity contribution in [2.45, 2.75) is 51.6 Å². The van der Waals surface area contributed by atoms with Gasteiger partial charge in [0.2, 0.25) is 0 Å². The number of hydrogen-bond acceptors (Lipinski definition) is 3. The van der Waals surface area contributed by atoms with Gasteiger partial charge in [-0.05, 0) is 31.7 Å². The third-order valence-corrected chi connectivity index (χ3v) is 3.96. The summed E-state index contributed by atoms with van der Waals surface area (Å²) < 4.78 is 5.61. The first-order valence-electron chi connectivity index (χ1n) is 7.32. The van der Waals surface area contributed by atoms with E-state index in [1.807, 2.05) is 0 Å². The molecule has 2 unspecified atom stereocenters. The number of hydrogen-bond donors (Lipinski definition) is 1. The molecule has 0 aromatic heterocycles. The Hall–Kier alpha value is -0.120. The minimum atomic E-state index is 0.648. The molecule has 0 radical (unpaired) electrons. The minimum absolute atomic E-state index is 0.648. The highest BCUT2D eigenvalue weighted by molar-refractivity contribution is 4.93. The van der Waals surface area contributed by atoms with E-state index in [4.69, 9.17) is 4.74 Å². The van der Waals surface area contributed by atoms with Crippen molar-refractivity contribution in [3.8, 4) is 0 Å². The molecular formula is C14H28N2O. The number of piperidine rings is 1. The summed E-state index contributed by atoms with van der Waals surface area (Å²) in [5, 5.41) is 3.69. The van der Waals surface area contributed by atoms with Crippen LogP contribution in [-0.2, 0) is 4.74 Å². The van der Waals surface area contributed by atoms with Crippen LogP contribution in [0.2, 0.25) is 0 Å². The van der Waals surface area contributed by atoms with Gasteiger partial charge in [0, 0.05) is 31.8 Å². The molecule has 2 aliphatic rings. The Morgan fingerprint density at radius 1 is 1.24 bits per heavy atom. The van der Waals surface area contributed by atoms with Gasteiger partial charge in [0.25, 0.3) is 0 Å². The maximum atomic E-state index is 5.61. The first kappa shape index (κ1) is 13.3. The second kappa shape index (κ2) is 6.72. The molecule has 1 N–H and O–H groups in total. The zero-order valence-corrected chi connectivity index (χ0v) is 11.5. The average molecular weight is 240 g/mol. The normalized spacial score (nSPS) is 29.8. The lowest BCUT2D eigenvalue weighted by molar-refractivity contribution is 0.107. The van der Waals surface area contributed by atoms with E-state index in [1.165, 1.54) is 38.8 Å². The molecular weight excluding hydrogens is 212 g/mol. The molecule has 2 fully saturated rings. The van der Waals surface area contributed by atoms with Gasteiger partial charge < -0.3 is 10.1 Å². The molecule has 3 heteroatoms. The van der Waals surface area contributed by atoms with E-state index in [2.05, 4.69) is 24.1 Å². The Morgan fingerprint density at radius 2 is 2.12 bits per heavy atom. The van der Waals surface area contributed by atoms with Gasteiger partial charge in [0.05, 0.1) is 6.61 Å². The van der Waals surface area contributed by atoms with Gasteiger partial charge in [-0.1, -0.05) is 20.3 Å². The fraction of sp³-hybridized carbons (Fsp3) is 1.00. The molecule has 100 valence electrons. The van der Waals surface area contributed by atoms with Crippen molar-refractivity contribution in [1.29, 1.82) is 0 Å². The highest BCUT2D eigenvalue weighted by atomic mass is 16.5. The van der Waals surface area contributed by atoms with E-state index in [0.29, 0.717) is 5.92 Å². The third kappa shape index (κ3) is 3.94. The van der Waals surface area contributed by atoms with Crippen LogP contribution in [0.15, 0.2) is 0 Å². The number of ether oxygens (including phenoxy) is 1. The maximum absolute atomic E-state index is 5.61. The van der Waals surface area contributed by atoms with Gasteiger partial charge in [0.15, 0.2) is 0 Å². The van der Waals surface area contributed by atoms with Gasteiger partial charge in [-0.25, -0.2) is 0 Å². The van der Waals surface area contributed by atoms with Crippen LogP contribution in [0, 0.1) is 5.92 Å². The lowest BCUT2D eigenvalue weighted by Gasteiger charge is -2.32. The SMILES string of the molecule is CC(C)COCCNC1CCN2CCCCC12. The quantitative estimate of drug-likeness (QED) is 0.717. The van der Waals surface area contributed by atoms with Gasteiger partial charge in [-0.3, -0.25) is 4.90 Å². The number of rotatable bonds is 6. The van der Waals surface area contributed by atoms with E-state index in [0.717, 1.165) is 31.8 Å². The molecule has 2 saturated heterocycles. The largest absolute Gasteiger partial charge is 0.380 e. The monoisotopic (exact) mass is 240 g/mol. The standard InChI is InChI=1S/C14H28N2O/c1-12(2)11-17-10-7-15-13-6-9-16-8-4-3-5-14(13)16/h12-15H,3-11H2,1-2H3. The zero-order chi connectivity index (χ0) is 12.1. The first-order valence-corrected chi connectivity index (χ1v) is 7.32. The molecule has 0 aromatic carbocycles. The third-order valence-electron chi connectivity index (χ3n) is 3.96. The lowest BCUT2D eigenvalue weighted by atomic mass is 9.99. The number of nitrogens with one attached hydrogen (secondary N) is 1. The molecule has 17 heavy (non-hydrogen) atoms. The summed E-state index contributed by atoms with van der Waals surface area (Å²) in [5.74, 6) is 0.648. The van der Waals surface area contributed by atoms with Crippen molar-refractivity contribution < 1.29 is 4.74 Å². The summed E-state index contributed by atoms with van der Waals surface area (Å²) in [6, 6.07) is 1.53. The van der Waals surface area contributed by atoms with Crippen LogP contribution in [0.25, 0.3) is 0 Å². The summed E-state index contributed by atoms with van der Waals surface area (Å²) in [5.41, 5.74) is 0. The van der Waals surface area contributed by atoms with Crippen LogP contribution in [0.5, 0.6) is 0 Å². The predicted octanol–water partition coefficient (Wildman–Crippen LogP) is 1.88. The highest BCUT2D eigenvalue weighted by Gasteiger charge is 2.34. The maximum Gasteiger partial charge on any atom is 0.0591 e. The topological polar surface area (TPSA) is 24.5 Å². The van der Waals surface area contributed by atoms with Gasteiger partial charge in [-0.2, -0.15) is 0 Å². The molecule has 0 aliphatic carbocycles. The van der Waals surface area contributed by atoms with E-state index in [1.54, 1.807) is 0 Å². The summed E-state index contributed by atoms with van der Waals surface area (Å²) in [6.45, 7) is 9.79. The Morgan fingerprint density at radius 3 is 2.94 bits per heavy atom. The smallest absolute Gasteiger partial charge is 0.0591 e. The van der Waals surface area contributed by atoms with E-state index in [9.17, 15) is 0 Å². The van der Waals surface area contributed by atoms with Crippen LogP contribution < -0.4 is 5.32 Å². The fourth-order valence-corrected chi connectivity index (χ4v) is 3.12. The molecule has 2 aliphatic heterocycles. The van der Waals surface area contributed by atoms with Gasteiger partial charge in [0.1, 0.15) is 0 Å². The van der Waals surface area contributed by atoms with Crippen molar-refractivity contribution in [2.75, 3.05) is 32.8 Å². The van der Waals surface area contributed by atoms with Crippen LogP contribution >= 0.6 is 0 Å². The molecule has 2 atom stereocenters. The molecule has 0 spiro atoms. The molecule has 3 nitrogen and oxygen atoms in total. The van der Waals surface area contributed by atoms with Gasteiger partial charge >= 0.3 is 0 Å². The number of nitrogens with zero attached hydrogens (tertiary/aromatic N) is 1. The predicted molar refractivity (Wildman–Crippen MR) is 71.3 cm³/mol. The highest BCUT2D eigenvalue weighted by Crippen LogP contribution is 2.26. The summed E-state index contributed by atoms with van der Waals surface area (Å²) in [6.07, 6.45) is 5.54. The van der Waals surface area contributed by atoms with Crippen LogP contribution in [0.1, 0.15) is 39.5 Å². The van der Waals surface area contributed by atoms with Crippen LogP contribution in [-0.4, -0.2) is 49.8 Å². The molecule has 2 rings (SSSR count). The summed E-state index contributed by atoms with van der Waals surface area (Å²) >= 11 is 0. The Balaban J connectivity index is 1.59. The second-order valence-electron chi connectivity index (χ2n) is 5.92. The molecule has 0 aromatic rings. The average Bonchev–Trinajstić information content (AvgIpc) is 2.72. The van der Waals surface area contributed by atoms with Crippen molar-refractivity contribution in [1.82, 2.24) is 10.2 Å². The second-order valence-corrected chi connectivity index (χ2v) is 5.92. The van der Waals surface area contributed by atoms with Crippen molar-refractivity contribution >= 4 is 0 Å². The fourth-order valence-electron chi connectivity index (χ4n) is 3.12. The van der Waals surface area contributed by atoms with Crippen molar-refractivity contribution in [2.24, 2.45) is 5.92 Å². The minimum Gasteiger partial charge on any atom is -0.380 e. The molecule has 0 amide bonds. The Bertz CT molecular complexity index is 220. The van der Waals surface area contributed by atoms with Crippen LogP contribution in [0.3, 0.4) is 0 Å². The molecule has 0 bridgehead atoms. The first-order chi connectivity index (χ1) is 8.27. The lowest BCUT2D eigenvalue weighted by Crippen LogP contribution is -2.45. The van der Waals surface area contributed by atoms with Crippen molar-refractivity contribution in [3.05, 3.63) is 0 Å². The van der Waals surface area contributed by atoms with Crippen molar-refractivity contribution in [3.63, 3.8) is 0 Å². The summed E-state index contributed by atoms with van der Waals surface area (Å²) in [7, 11) is 0. The Labute approximate surface area is 106 Å². The molecule has 0 saturated carbocycles. The Kier molecular flexibility index (Phi) is 5.26. The van der Waals surface area contributed by atoms with E-state index < -0.39 is 0 Å². The van der Waals surface area contributed by atoms with Gasteiger partial charge in [-0.15, -0.1) is 0 Å². The number of fused-ring (bicyclic) bond motifs is 1. The summed E-state index contributed by atoms with van der Waals surface area (Å²) in [4.78, 5) is 2.68. The van der Waals surface area contributed by atoms with Crippen LogP contribution in [0.4, 0.5) is 0 Å². The van der Waals surface area contributed by atoms with E-state index >= 15 is 0 Å². The zero-order valence-electron chi connectivity index (χ0n) is 11.5. The van der Waals surface area contributed by atoms with E-state index in [-0.39, 0.29) is 0 Å². The molecule has 2 heterocycles.